The molecule has 0 spiro atoms. The fourth-order valence-electron chi connectivity index (χ4n) is 1.24. The van der Waals surface area contributed by atoms with Crippen LogP contribution in [0.25, 0.3) is 0 Å². The van der Waals surface area contributed by atoms with Crippen LogP contribution in [-0.4, -0.2) is 57.4 Å². The molecular weight excluding hydrogens is 190 g/mol. The molecule has 3 N–H and O–H groups in total. The second kappa shape index (κ2) is 5.56. The predicted octanol–water partition coefficient (Wildman–Crippen LogP) is -0.773. The Morgan fingerprint density at radius 1 is 1.14 bits per heavy atom. The maximum Gasteiger partial charge on any atom is 0.334 e. The van der Waals surface area contributed by atoms with Crippen LogP contribution in [0.2, 0.25) is 0 Å². The standard InChI is InChI=1S/C8H15NO5/c1-3-9(4-2)5(7(11)12)6(10)8(13)14/h5-6,10H,3-4H2,1-2H3,(H,11,12)(H,13,14). The van der Waals surface area contributed by atoms with Gasteiger partial charge in [0, 0.05) is 0 Å². The third kappa shape index (κ3) is 2.97. The van der Waals surface area contributed by atoms with Crippen molar-refractivity contribution < 1.29 is 24.9 Å². The van der Waals surface area contributed by atoms with Gasteiger partial charge in [-0.15, -0.1) is 0 Å². The van der Waals surface area contributed by atoms with Crippen molar-refractivity contribution in [3.05, 3.63) is 0 Å². The Hall–Kier alpha value is -1.14. The lowest BCUT2D eigenvalue weighted by atomic mass is 10.1. The van der Waals surface area contributed by atoms with Crippen molar-refractivity contribution in [1.29, 1.82) is 0 Å². The van der Waals surface area contributed by atoms with Gasteiger partial charge in [-0.1, -0.05) is 13.8 Å². The van der Waals surface area contributed by atoms with Crippen LogP contribution in [0.5, 0.6) is 0 Å². The van der Waals surface area contributed by atoms with E-state index in [2.05, 4.69) is 0 Å². The van der Waals surface area contributed by atoms with E-state index in [1.807, 2.05) is 0 Å². The lowest BCUT2D eigenvalue weighted by Crippen LogP contribution is -2.51. The maximum atomic E-state index is 10.7. The summed E-state index contributed by atoms with van der Waals surface area (Å²) in [5.41, 5.74) is 0. The Labute approximate surface area is 81.8 Å². The first kappa shape index (κ1) is 12.9. The summed E-state index contributed by atoms with van der Waals surface area (Å²) in [5, 5.41) is 26.4. The predicted molar refractivity (Wildman–Crippen MR) is 48.0 cm³/mol. The van der Waals surface area contributed by atoms with Crippen molar-refractivity contribution in [1.82, 2.24) is 4.90 Å². The molecule has 0 aliphatic carbocycles. The zero-order valence-corrected chi connectivity index (χ0v) is 8.17. The zero-order valence-electron chi connectivity index (χ0n) is 8.17. The number of aliphatic hydroxyl groups is 1. The molecule has 0 rings (SSSR count). The van der Waals surface area contributed by atoms with Crippen molar-refractivity contribution >= 4 is 11.9 Å². The molecule has 0 aromatic carbocycles. The summed E-state index contributed by atoms with van der Waals surface area (Å²) in [5.74, 6) is -2.85. The first-order valence-corrected chi connectivity index (χ1v) is 4.33. The number of carboxylic acids is 2. The molecule has 82 valence electrons. The summed E-state index contributed by atoms with van der Waals surface area (Å²) < 4.78 is 0. The average Bonchev–Trinajstić information content (AvgIpc) is 2.12. The second-order valence-corrected chi connectivity index (χ2v) is 2.79. The Morgan fingerprint density at radius 3 is 1.79 bits per heavy atom. The lowest BCUT2D eigenvalue weighted by molar-refractivity contribution is -0.161. The summed E-state index contributed by atoms with van der Waals surface area (Å²) in [4.78, 5) is 22.6. The number of hydrogen-bond donors (Lipinski definition) is 3. The quantitative estimate of drug-likeness (QED) is 0.526. The Balaban J connectivity index is 4.74. The molecule has 0 bridgehead atoms. The molecule has 6 heteroatoms. The van der Waals surface area contributed by atoms with Crippen LogP contribution in [0, 0.1) is 0 Å². The summed E-state index contributed by atoms with van der Waals surface area (Å²) in [6.07, 6.45) is -1.90. The molecule has 0 heterocycles. The molecule has 0 aliphatic rings. The Bertz CT molecular complexity index is 214. The molecule has 0 saturated carbocycles. The first-order chi connectivity index (χ1) is 6.45. The minimum atomic E-state index is -1.90. The van der Waals surface area contributed by atoms with Crippen LogP contribution in [-0.2, 0) is 9.59 Å². The van der Waals surface area contributed by atoms with Crippen LogP contribution >= 0.6 is 0 Å². The highest BCUT2D eigenvalue weighted by molar-refractivity contribution is 5.84. The van der Waals surface area contributed by atoms with E-state index in [1.165, 1.54) is 4.90 Å². The van der Waals surface area contributed by atoms with E-state index < -0.39 is 24.1 Å². The Kier molecular flexibility index (Phi) is 5.11. The van der Waals surface area contributed by atoms with Crippen LogP contribution in [0.1, 0.15) is 13.8 Å². The number of likely N-dealkylation sites (N-methyl/N-ethyl adjacent to an activating group) is 1. The van der Waals surface area contributed by atoms with Gasteiger partial charge in [0.25, 0.3) is 0 Å². The number of nitrogens with zero attached hydrogens (tertiary/aromatic N) is 1. The molecule has 2 atom stereocenters. The van der Waals surface area contributed by atoms with Gasteiger partial charge < -0.3 is 15.3 Å². The van der Waals surface area contributed by atoms with Gasteiger partial charge in [0.2, 0.25) is 0 Å². The zero-order chi connectivity index (χ0) is 11.3. The maximum absolute atomic E-state index is 10.7. The third-order valence-corrected chi connectivity index (χ3v) is 2.01. The van der Waals surface area contributed by atoms with Crippen molar-refractivity contribution in [2.45, 2.75) is 26.0 Å². The molecule has 0 aromatic heterocycles. The van der Waals surface area contributed by atoms with E-state index in [0.29, 0.717) is 13.1 Å². The third-order valence-electron chi connectivity index (χ3n) is 2.01. The largest absolute Gasteiger partial charge is 0.480 e. The van der Waals surface area contributed by atoms with Crippen LogP contribution in [0.4, 0.5) is 0 Å². The van der Waals surface area contributed by atoms with Crippen LogP contribution in [0.15, 0.2) is 0 Å². The molecule has 0 saturated heterocycles. The van der Waals surface area contributed by atoms with Crippen molar-refractivity contribution in [3.8, 4) is 0 Å². The highest BCUT2D eigenvalue weighted by Crippen LogP contribution is 2.05. The molecular formula is C8H15NO5. The van der Waals surface area contributed by atoms with Gasteiger partial charge in [0.05, 0.1) is 0 Å². The normalized spacial score (nSPS) is 15.1. The first-order valence-electron chi connectivity index (χ1n) is 4.33. The van der Waals surface area contributed by atoms with Gasteiger partial charge >= 0.3 is 11.9 Å². The summed E-state index contributed by atoms with van der Waals surface area (Å²) in [6.45, 7) is 4.15. The highest BCUT2D eigenvalue weighted by atomic mass is 16.4. The fraction of sp³-hybridized carbons (Fsp3) is 0.750. The van der Waals surface area contributed by atoms with Crippen molar-refractivity contribution in [2.75, 3.05) is 13.1 Å². The summed E-state index contributed by atoms with van der Waals surface area (Å²) in [7, 11) is 0. The molecule has 14 heavy (non-hydrogen) atoms. The number of aliphatic carboxylic acids is 2. The van der Waals surface area contributed by atoms with Gasteiger partial charge in [-0.3, -0.25) is 9.69 Å². The average molecular weight is 205 g/mol. The topological polar surface area (TPSA) is 98.1 Å². The number of carbonyl (C=O) groups is 2. The molecule has 0 aliphatic heterocycles. The molecule has 0 fully saturated rings. The number of hydrogen-bond acceptors (Lipinski definition) is 4. The number of aliphatic hydroxyl groups excluding tert-OH is 1. The van der Waals surface area contributed by atoms with Crippen molar-refractivity contribution in [3.63, 3.8) is 0 Å². The minimum Gasteiger partial charge on any atom is -0.480 e. The van der Waals surface area contributed by atoms with E-state index in [1.54, 1.807) is 13.8 Å². The molecule has 6 nitrogen and oxygen atoms in total. The van der Waals surface area contributed by atoms with E-state index in [9.17, 15) is 9.59 Å². The van der Waals surface area contributed by atoms with E-state index >= 15 is 0 Å². The molecule has 0 amide bonds. The SMILES string of the molecule is CCN(CC)C(C(=O)O)C(O)C(=O)O. The van der Waals surface area contributed by atoms with Crippen LogP contribution < -0.4 is 0 Å². The molecule has 0 aromatic rings. The fourth-order valence-corrected chi connectivity index (χ4v) is 1.24. The van der Waals surface area contributed by atoms with Gasteiger partial charge in [-0.2, -0.15) is 0 Å². The van der Waals surface area contributed by atoms with Gasteiger partial charge in [-0.05, 0) is 13.1 Å². The summed E-state index contributed by atoms with van der Waals surface area (Å²) >= 11 is 0. The highest BCUT2D eigenvalue weighted by Gasteiger charge is 2.35. The molecule has 0 radical (unpaired) electrons. The minimum absolute atomic E-state index is 0.373. The van der Waals surface area contributed by atoms with E-state index in [0.717, 1.165) is 0 Å². The second-order valence-electron chi connectivity index (χ2n) is 2.79. The van der Waals surface area contributed by atoms with E-state index in [-0.39, 0.29) is 0 Å². The Morgan fingerprint density at radius 2 is 1.57 bits per heavy atom. The number of carboxylic acid groups (broad SMARTS) is 2. The van der Waals surface area contributed by atoms with Gasteiger partial charge in [-0.25, -0.2) is 4.79 Å². The van der Waals surface area contributed by atoms with Gasteiger partial charge in [0.15, 0.2) is 6.10 Å². The summed E-state index contributed by atoms with van der Waals surface area (Å²) in [6, 6.07) is -1.39. The monoisotopic (exact) mass is 205 g/mol. The van der Waals surface area contributed by atoms with E-state index in [4.69, 9.17) is 15.3 Å². The number of rotatable bonds is 6. The lowest BCUT2D eigenvalue weighted by Gasteiger charge is -2.27. The molecule has 2 unspecified atom stereocenters. The van der Waals surface area contributed by atoms with Crippen molar-refractivity contribution in [2.24, 2.45) is 0 Å². The smallest absolute Gasteiger partial charge is 0.334 e. The van der Waals surface area contributed by atoms with Crippen LogP contribution in [0.3, 0.4) is 0 Å². The van der Waals surface area contributed by atoms with Gasteiger partial charge in [0.1, 0.15) is 6.04 Å².